The normalized spacial score (nSPS) is 12.4. The number of primary sulfonamides is 1. The van der Waals surface area contributed by atoms with Crippen molar-refractivity contribution < 1.29 is 13.2 Å². The Morgan fingerprint density at radius 2 is 1.73 bits per heavy atom. The molecule has 3 aromatic rings. The van der Waals surface area contributed by atoms with Gasteiger partial charge in [0.25, 0.3) is 5.91 Å². The molecule has 30 heavy (non-hydrogen) atoms. The SMILES string of the molecule is CCC(C)c1cc(Cl)ccc1C(=O)Nc1ccc(-c2ccccc2S(N)(=O)=O)cc1. The van der Waals surface area contributed by atoms with Crippen LogP contribution in [-0.2, 0) is 10.0 Å². The first-order valence-corrected chi connectivity index (χ1v) is 11.5. The minimum absolute atomic E-state index is 0.0566. The Morgan fingerprint density at radius 1 is 1.07 bits per heavy atom. The van der Waals surface area contributed by atoms with E-state index >= 15 is 0 Å². The van der Waals surface area contributed by atoms with Gasteiger partial charge < -0.3 is 5.32 Å². The third-order valence-corrected chi connectivity index (χ3v) is 6.25. The minimum Gasteiger partial charge on any atom is -0.322 e. The van der Waals surface area contributed by atoms with Gasteiger partial charge in [-0.25, -0.2) is 13.6 Å². The first-order valence-electron chi connectivity index (χ1n) is 9.53. The van der Waals surface area contributed by atoms with Gasteiger partial charge in [0.1, 0.15) is 0 Å². The fraction of sp³-hybridized carbons (Fsp3) is 0.174. The predicted octanol–water partition coefficient (Wildman–Crippen LogP) is 5.42. The molecular formula is C23H23ClN2O3S. The van der Waals surface area contributed by atoms with Crippen LogP contribution < -0.4 is 10.5 Å². The molecule has 3 aromatic carbocycles. The third-order valence-electron chi connectivity index (χ3n) is 5.05. The molecule has 1 atom stereocenters. The van der Waals surface area contributed by atoms with E-state index in [1.54, 1.807) is 54.6 Å². The number of halogens is 1. The van der Waals surface area contributed by atoms with Crippen LogP contribution in [0.15, 0.2) is 71.6 Å². The van der Waals surface area contributed by atoms with E-state index in [-0.39, 0.29) is 16.7 Å². The Kier molecular flexibility index (Phi) is 6.61. The minimum atomic E-state index is -3.85. The second-order valence-corrected chi connectivity index (χ2v) is 9.08. The molecule has 0 spiro atoms. The zero-order valence-electron chi connectivity index (χ0n) is 16.7. The van der Waals surface area contributed by atoms with Gasteiger partial charge in [-0.3, -0.25) is 4.79 Å². The molecule has 0 radical (unpaired) electrons. The maximum absolute atomic E-state index is 12.9. The molecule has 0 aliphatic rings. The molecule has 3 N–H and O–H groups in total. The van der Waals surface area contributed by atoms with Gasteiger partial charge in [-0.05, 0) is 59.9 Å². The van der Waals surface area contributed by atoms with Crippen molar-refractivity contribution in [3.63, 3.8) is 0 Å². The zero-order chi connectivity index (χ0) is 21.9. The second kappa shape index (κ2) is 9.00. The Balaban J connectivity index is 1.87. The van der Waals surface area contributed by atoms with Crippen molar-refractivity contribution in [2.24, 2.45) is 5.14 Å². The van der Waals surface area contributed by atoms with Crippen LogP contribution in [0.1, 0.15) is 42.1 Å². The van der Waals surface area contributed by atoms with Gasteiger partial charge in [-0.2, -0.15) is 0 Å². The molecule has 0 saturated heterocycles. The molecule has 0 fully saturated rings. The van der Waals surface area contributed by atoms with Gasteiger partial charge in [0.15, 0.2) is 0 Å². The summed E-state index contributed by atoms with van der Waals surface area (Å²) in [6.45, 7) is 4.12. The van der Waals surface area contributed by atoms with Crippen LogP contribution >= 0.6 is 11.6 Å². The molecule has 7 heteroatoms. The van der Waals surface area contributed by atoms with E-state index in [2.05, 4.69) is 19.2 Å². The van der Waals surface area contributed by atoms with Crippen LogP contribution in [-0.4, -0.2) is 14.3 Å². The fourth-order valence-corrected chi connectivity index (χ4v) is 4.19. The molecule has 0 aliphatic heterocycles. The van der Waals surface area contributed by atoms with Crippen molar-refractivity contribution in [2.45, 2.75) is 31.1 Å². The highest BCUT2D eigenvalue weighted by Crippen LogP contribution is 2.29. The van der Waals surface area contributed by atoms with E-state index in [0.29, 0.717) is 27.4 Å². The Morgan fingerprint density at radius 3 is 2.37 bits per heavy atom. The quantitative estimate of drug-likeness (QED) is 0.534. The first kappa shape index (κ1) is 22.0. The highest BCUT2D eigenvalue weighted by atomic mass is 35.5. The van der Waals surface area contributed by atoms with Crippen molar-refractivity contribution in [2.75, 3.05) is 5.32 Å². The smallest absolute Gasteiger partial charge is 0.255 e. The van der Waals surface area contributed by atoms with Crippen molar-refractivity contribution in [1.82, 2.24) is 0 Å². The van der Waals surface area contributed by atoms with E-state index in [0.717, 1.165) is 12.0 Å². The Labute approximate surface area is 181 Å². The number of benzene rings is 3. The summed E-state index contributed by atoms with van der Waals surface area (Å²) in [5, 5.41) is 8.81. The molecule has 0 heterocycles. The molecule has 0 aliphatic carbocycles. The number of nitrogens with one attached hydrogen (secondary N) is 1. The van der Waals surface area contributed by atoms with Crippen LogP contribution in [0.25, 0.3) is 11.1 Å². The Hall–Kier alpha value is -2.67. The Bertz CT molecular complexity index is 1180. The maximum atomic E-state index is 12.9. The van der Waals surface area contributed by atoms with E-state index in [1.807, 2.05) is 6.07 Å². The van der Waals surface area contributed by atoms with Gasteiger partial charge in [0, 0.05) is 21.8 Å². The topological polar surface area (TPSA) is 89.3 Å². The third kappa shape index (κ3) is 4.90. The van der Waals surface area contributed by atoms with Crippen LogP contribution in [0.3, 0.4) is 0 Å². The molecule has 3 rings (SSSR count). The number of hydrogen-bond donors (Lipinski definition) is 2. The summed E-state index contributed by atoms with van der Waals surface area (Å²) < 4.78 is 23.7. The summed E-state index contributed by atoms with van der Waals surface area (Å²) in [6.07, 6.45) is 0.888. The van der Waals surface area contributed by atoms with Crippen LogP contribution in [0.5, 0.6) is 0 Å². The first-order chi connectivity index (χ1) is 14.2. The van der Waals surface area contributed by atoms with Gasteiger partial charge in [0.2, 0.25) is 10.0 Å². The highest BCUT2D eigenvalue weighted by molar-refractivity contribution is 7.89. The summed E-state index contributed by atoms with van der Waals surface area (Å²) >= 11 is 6.12. The number of amides is 1. The van der Waals surface area contributed by atoms with Crippen molar-refractivity contribution in [3.8, 4) is 11.1 Å². The van der Waals surface area contributed by atoms with Gasteiger partial charge in [0.05, 0.1) is 4.90 Å². The van der Waals surface area contributed by atoms with Crippen molar-refractivity contribution in [1.29, 1.82) is 0 Å². The number of nitrogens with two attached hydrogens (primary N) is 1. The summed E-state index contributed by atoms with van der Waals surface area (Å²) in [4.78, 5) is 12.9. The summed E-state index contributed by atoms with van der Waals surface area (Å²) in [6, 6.07) is 18.8. The van der Waals surface area contributed by atoms with Crippen LogP contribution in [0.2, 0.25) is 5.02 Å². The molecule has 1 unspecified atom stereocenters. The lowest BCUT2D eigenvalue weighted by atomic mass is 9.93. The monoisotopic (exact) mass is 442 g/mol. The second-order valence-electron chi connectivity index (χ2n) is 7.11. The lowest BCUT2D eigenvalue weighted by Gasteiger charge is -2.15. The standard InChI is InChI=1S/C23H23ClN2O3S/c1-3-15(2)21-14-17(24)10-13-20(21)23(27)26-18-11-8-16(9-12-18)19-6-4-5-7-22(19)30(25,28)29/h4-15H,3H2,1-2H3,(H,26,27)(H2,25,28,29). The highest BCUT2D eigenvalue weighted by Gasteiger charge is 2.17. The molecular weight excluding hydrogens is 420 g/mol. The maximum Gasteiger partial charge on any atom is 0.255 e. The molecule has 0 saturated carbocycles. The number of carbonyl (C=O) groups is 1. The lowest BCUT2D eigenvalue weighted by Crippen LogP contribution is -2.15. The van der Waals surface area contributed by atoms with Gasteiger partial charge in [-0.15, -0.1) is 0 Å². The van der Waals surface area contributed by atoms with Gasteiger partial charge >= 0.3 is 0 Å². The number of sulfonamides is 1. The van der Waals surface area contributed by atoms with Gasteiger partial charge in [-0.1, -0.05) is 55.8 Å². The summed E-state index contributed by atoms with van der Waals surface area (Å²) in [5.41, 5.74) is 3.28. The number of hydrogen-bond acceptors (Lipinski definition) is 3. The van der Waals surface area contributed by atoms with Crippen LogP contribution in [0.4, 0.5) is 5.69 Å². The molecule has 5 nitrogen and oxygen atoms in total. The average Bonchev–Trinajstić information content (AvgIpc) is 2.73. The number of anilines is 1. The van der Waals surface area contributed by atoms with E-state index < -0.39 is 10.0 Å². The lowest BCUT2D eigenvalue weighted by molar-refractivity contribution is 0.102. The van der Waals surface area contributed by atoms with Crippen molar-refractivity contribution >= 4 is 33.2 Å². The van der Waals surface area contributed by atoms with E-state index in [4.69, 9.17) is 16.7 Å². The molecule has 1 amide bonds. The van der Waals surface area contributed by atoms with Crippen LogP contribution in [0, 0.1) is 0 Å². The molecule has 0 aromatic heterocycles. The number of rotatable bonds is 6. The zero-order valence-corrected chi connectivity index (χ0v) is 18.3. The number of carbonyl (C=O) groups excluding carboxylic acids is 1. The predicted molar refractivity (Wildman–Crippen MR) is 121 cm³/mol. The summed E-state index contributed by atoms with van der Waals surface area (Å²) in [7, 11) is -3.85. The largest absolute Gasteiger partial charge is 0.322 e. The van der Waals surface area contributed by atoms with Crippen molar-refractivity contribution in [3.05, 3.63) is 82.9 Å². The molecule has 156 valence electrons. The summed E-state index contributed by atoms with van der Waals surface area (Å²) in [5.74, 6) is -0.0267. The average molecular weight is 443 g/mol. The van der Waals surface area contributed by atoms with E-state index in [9.17, 15) is 13.2 Å². The fourth-order valence-electron chi connectivity index (χ4n) is 3.25. The van der Waals surface area contributed by atoms with E-state index in [1.165, 1.54) is 6.07 Å². The molecule has 0 bridgehead atoms.